The van der Waals surface area contributed by atoms with Crippen LogP contribution in [0.4, 0.5) is 14.9 Å². The lowest BCUT2D eigenvalue weighted by atomic mass is 9.57. The van der Waals surface area contributed by atoms with E-state index in [1.807, 2.05) is 18.2 Å². The number of hydrogen-bond donors (Lipinski definition) is 3. The van der Waals surface area contributed by atoms with Gasteiger partial charge in [-0.3, -0.25) is 4.79 Å². The van der Waals surface area contributed by atoms with Crippen LogP contribution in [0, 0.1) is 23.6 Å². The highest BCUT2D eigenvalue weighted by Crippen LogP contribution is 2.51. The molecule has 0 spiro atoms. The van der Waals surface area contributed by atoms with Crippen molar-refractivity contribution in [1.29, 1.82) is 0 Å². The van der Waals surface area contributed by atoms with Crippen LogP contribution in [0.25, 0.3) is 0 Å². The maximum Gasteiger partial charge on any atom is 0.404 e. The molecule has 3 atom stereocenters. The number of rotatable bonds is 12. The van der Waals surface area contributed by atoms with Gasteiger partial charge >= 0.3 is 6.09 Å². The van der Waals surface area contributed by atoms with E-state index in [0.29, 0.717) is 17.4 Å². The third kappa shape index (κ3) is 7.30. The molecule has 7 rings (SSSR count). The number of sulfone groups is 1. The molecule has 3 saturated heterocycles. The minimum atomic E-state index is -3.71. The van der Waals surface area contributed by atoms with Crippen LogP contribution in [0.5, 0.6) is 0 Å². The number of amides is 2. The Kier molecular flexibility index (Phi) is 10.6. The molecule has 2 amide bonds. The molecule has 0 bridgehead atoms. The van der Waals surface area contributed by atoms with Crippen molar-refractivity contribution in [2.24, 2.45) is 17.8 Å². The maximum atomic E-state index is 14.9. The van der Waals surface area contributed by atoms with Gasteiger partial charge in [0.25, 0.3) is 5.91 Å². The zero-order chi connectivity index (χ0) is 36.5. The first kappa shape index (κ1) is 36.4. The van der Waals surface area contributed by atoms with Crippen LogP contribution in [-0.4, -0.2) is 101 Å². The molecule has 52 heavy (non-hydrogen) atoms. The number of anilines is 1. The summed E-state index contributed by atoms with van der Waals surface area (Å²) >= 11 is 0. The number of hydrogen-bond acceptors (Lipinski definition) is 7. The molecule has 1 aliphatic carbocycles. The lowest BCUT2D eigenvalue weighted by Gasteiger charge is -2.54. The first-order valence-corrected chi connectivity index (χ1v) is 20.2. The van der Waals surface area contributed by atoms with E-state index in [2.05, 4.69) is 31.4 Å². The van der Waals surface area contributed by atoms with Crippen molar-refractivity contribution in [1.82, 2.24) is 20.4 Å². The van der Waals surface area contributed by atoms with Gasteiger partial charge in [-0.25, -0.2) is 17.6 Å². The Balaban J connectivity index is 0.986. The fourth-order valence-corrected chi connectivity index (χ4v) is 10.7. The SMILES string of the molecule is CNC(=O)c1ccc(S(=O)(=O)c2ccc(N3CC(CN4CCC([C@@](CN5CCC5)(c5cccc(F)c5)[C@H]5CCC[C@@H]5NC(=O)O)CC4)C3)cc2)cc1. The topological polar surface area (TPSA) is 122 Å². The number of nitrogens with one attached hydrogen (secondary N) is 2. The highest BCUT2D eigenvalue weighted by Gasteiger charge is 2.53. The predicted octanol–water partition coefficient (Wildman–Crippen LogP) is 5.25. The van der Waals surface area contributed by atoms with E-state index in [4.69, 9.17) is 0 Å². The highest BCUT2D eigenvalue weighted by atomic mass is 32.2. The Hall–Kier alpha value is -4.00. The number of carboxylic acid groups (broad SMARTS) is 1. The minimum absolute atomic E-state index is 0.110. The third-order valence-electron chi connectivity index (χ3n) is 12.2. The van der Waals surface area contributed by atoms with Gasteiger partial charge in [0.2, 0.25) is 9.84 Å². The van der Waals surface area contributed by atoms with Gasteiger partial charge in [0.15, 0.2) is 0 Å². The van der Waals surface area contributed by atoms with Crippen LogP contribution in [-0.2, 0) is 15.3 Å². The lowest BCUT2D eigenvalue weighted by molar-refractivity contribution is 0.0226. The van der Waals surface area contributed by atoms with Gasteiger partial charge in [0.1, 0.15) is 5.82 Å². The molecule has 0 aromatic heterocycles. The van der Waals surface area contributed by atoms with Gasteiger partial charge in [0, 0.05) is 61.9 Å². The van der Waals surface area contributed by atoms with E-state index in [1.165, 1.54) is 37.4 Å². The van der Waals surface area contributed by atoms with Crippen molar-refractivity contribution in [2.75, 3.05) is 64.3 Å². The fraction of sp³-hybridized carbons (Fsp3) is 0.500. The molecule has 3 heterocycles. The van der Waals surface area contributed by atoms with Crippen LogP contribution in [0.15, 0.2) is 82.6 Å². The molecule has 3 aromatic rings. The Morgan fingerprint density at radius 1 is 0.865 bits per heavy atom. The maximum absolute atomic E-state index is 14.9. The second-order valence-electron chi connectivity index (χ2n) is 15.2. The zero-order valence-electron chi connectivity index (χ0n) is 29.8. The predicted molar refractivity (Wildman–Crippen MR) is 198 cm³/mol. The molecule has 278 valence electrons. The largest absolute Gasteiger partial charge is 0.465 e. The Morgan fingerprint density at radius 2 is 1.54 bits per heavy atom. The number of likely N-dealkylation sites (tertiary alicyclic amines) is 2. The number of carbonyl (C=O) groups excluding carboxylic acids is 1. The van der Waals surface area contributed by atoms with Gasteiger partial charge in [-0.2, -0.15) is 0 Å². The molecular weight excluding hydrogens is 682 g/mol. The van der Waals surface area contributed by atoms with Crippen molar-refractivity contribution < 1.29 is 27.5 Å². The summed E-state index contributed by atoms with van der Waals surface area (Å²) in [6.07, 6.45) is 4.88. The second kappa shape index (κ2) is 15.2. The smallest absolute Gasteiger partial charge is 0.404 e. The van der Waals surface area contributed by atoms with Crippen LogP contribution in [0.2, 0.25) is 0 Å². The molecule has 0 unspecified atom stereocenters. The molecule has 3 N–H and O–H groups in total. The van der Waals surface area contributed by atoms with Crippen molar-refractivity contribution in [3.63, 3.8) is 0 Å². The van der Waals surface area contributed by atoms with Crippen LogP contribution in [0.1, 0.15) is 54.4 Å². The van der Waals surface area contributed by atoms with Gasteiger partial charge in [0.05, 0.1) is 9.79 Å². The van der Waals surface area contributed by atoms with Crippen molar-refractivity contribution >= 4 is 27.5 Å². The average molecular weight is 732 g/mol. The summed E-state index contributed by atoms with van der Waals surface area (Å²) in [4.78, 5) is 31.4. The van der Waals surface area contributed by atoms with Crippen molar-refractivity contribution in [3.8, 4) is 0 Å². The second-order valence-corrected chi connectivity index (χ2v) is 17.2. The van der Waals surface area contributed by atoms with E-state index in [-0.39, 0.29) is 38.9 Å². The summed E-state index contributed by atoms with van der Waals surface area (Å²) in [6, 6.07) is 20.0. The standard InChI is InChI=1S/C40H50FN5O5S/c1-42-38(47)29-9-13-34(14-10-29)52(50,51)35-15-11-33(12-16-35)46-25-28(26-46)24-44-21-17-30(18-22-44)40(27-45-19-4-20-45,31-5-2-6-32(41)23-31)36-7-3-8-37(36)43-39(48)49/h2,5-6,9-16,23,28,30,36-37,43H,3-4,7-8,17-22,24-27H2,1H3,(H,42,47)(H,48,49)/t36-,37-,40-/m0/s1. The fourth-order valence-electron chi connectivity index (χ4n) is 9.48. The summed E-state index contributed by atoms with van der Waals surface area (Å²) < 4.78 is 41.4. The van der Waals surface area contributed by atoms with Crippen LogP contribution in [0.3, 0.4) is 0 Å². The summed E-state index contributed by atoms with van der Waals surface area (Å²) in [6.45, 7) is 7.62. The molecule has 4 fully saturated rings. The van der Waals surface area contributed by atoms with E-state index >= 15 is 0 Å². The molecule has 1 saturated carbocycles. The number of halogens is 1. The van der Waals surface area contributed by atoms with Crippen LogP contribution >= 0.6 is 0 Å². The molecule has 4 aliphatic rings. The minimum Gasteiger partial charge on any atom is -0.465 e. The first-order valence-electron chi connectivity index (χ1n) is 18.7. The van der Waals surface area contributed by atoms with Crippen molar-refractivity contribution in [2.45, 2.75) is 59.8 Å². The molecule has 10 nitrogen and oxygen atoms in total. The Morgan fingerprint density at radius 3 is 2.13 bits per heavy atom. The quantitative estimate of drug-likeness (QED) is 0.231. The Bertz CT molecular complexity index is 1840. The summed E-state index contributed by atoms with van der Waals surface area (Å²) in [5, 5.41) is 15.2. The van der Waals surface area contributed by atoms with Gasteiger partial charge < -0.3 is 30.4 Å². The molecule has 3 aromatic carbocycles. The first-order chi connectivity index (χ1) is 25.1. The number of nitrogens with zero attached hydrogens (tertiary/aromatic N) is 3. The third-order valence-corrected chi connectivity index (χ3v) is 14.0. The summed E-state index contributed by atoms with van der Waals surface area (Å²) in [7, 11) is -2.18. The number of carbonyl (C=O) groups is 2. The molecule has 3 aliphatic heterocycles. The van der Waals surface area contributed by atoms with Gasteiger partial charge in [-0.15, -0.1) is 0 Å². The normalized spacial score (nSPS) is 23.0. The van der Waals surface area contributed by atoms with Gasteiger partial charge in [-0.1, -0.05) is 18.6 Å². The molecule has 12 heteroatoms. The molecular formula is C40H50FN5O5S. The highest BCUT2D eigenvalue weighted by molar-refractivity contribution is 7.91. The summed E-state index contributed by atoms with van der Waals surface area (Å²) in [5.41, 5.74) is 2.09. The Labute approximate surface area is 306 Å². The zero-order valence-corrected chi connectivity index (χ0v) is 30.7. The monoisotopic (exact) mass is 731 g/mol. The number of benzene rings is 3. The molecule has 0 radical (unpaired) electrons. The van der Waals surface area contributed by atoms with E-state index in [1.54, 1.807) is 18.2 Å². The summed E-state index contributed by atoms with van der Waals surface area (Å²) in [5.74, 6) is 0.429. The van der Waals surface area contributed by atoms with Gasteiger partial charge in [-0.05, 0) is 136 Å². The number of piperidine rings is 1. The van der Waals surface area contributed by atoms with E-state index in [9.17, 15) is 27.5 Å². The average Bonchev–Trinajstić information content (AvgIpc) is 3.57. The van der Waals surface area contributed by atoms with E-state index < -0.39 is 15.9 Å². The lowest BCUT2D eigenvalue weighted by Crippen LogP contribution is -2.60. The van der Waals surface area contributed by atoms with Crippen molar-refractivity contribution in [3.05, 3.63) is 89.7 Å². The van der Waals surface area contributed by atoms with Crippen LogP contribution < -0.4 is 15.5 Å². The van der Waals surface area contributed by atoms with E-state index in [0.717, 1.165) is 102 Å².